The van der Waals surface area contributed by atoms with Crippen molar-refractivity contribution in [1.82, 2.24) is 9.80 Å². The number of carbonyl (C=O) groups excluding carboxylic acids is 1. The highest BCUT2D eigenvalue weighted by molar-refractivity contribution is 6.31. The summed E-state index contributed by atoms with van der Waals surface area (Å²) in [5.41, 5.74) is 5.83. The van der Waals surface area contributed by atoms with Gasteiger partial charge in [0, 0.05) is 23.2 Å². The van der Waals surface area contributed by atoms with Gasteiger partial charge in [0.2, 0.25) is 5.91 Å². The average molecular weight is 348 g/mol. The Morgan fingerprint density at radius 1 is 1.52 bits per heavy atom. The fourth-order valence-electron chi connectivity index (χ4n) is 2.80. The standard InChI is InChI=1S/C14H19ClFN3O4/c1-7(9-2-8(16)3-11(15)10(9)6-20)18-5-13(22)19(14(18)23)4-12(17)21/h2-3,7,13-14,20,22-23H,4-6H2,1H3,(H2,17,21)/t7?,13?,14-/m0/s1. The number of primary amides is 1. The summed E-state index contributed by atoms with van der Waals surface area (Å²) in [6, 6.07) is 1.75. The minimum Gasteiger partial charge on any atom is -0.392 e. The zero-order valence-corrected chi connectivity index (χ0v) is 13.2. The zero-order valence-electron chi connectivity index (χ0n) is 12.5. The fraction of sp³-hybridized carbons (Fsp3) is 0.500. The summed E-state index contributed by atoms with van der Waals surface area (Å²) in [4.78, 5) is 13.6. The summed E-state index contributed by atoms with van der Waals surface area (Å²) >= 11 is 5.95. The maximum Gasteiger partial charge on any atom is 0.231 e. The normalized spacial score (nSPS) is 24.1. The molecule has 0 aromatic heterocycles. The lowest BCUT2D eigenvalue weighted by molar-refractivity contribution is -0.133. The van der Waals surface area contributed by atoms with Crippen LogP contribution in [0.3, 0.4) is 0 Å². The van der Waals surface area contributed by atoms with Crippen LogP contribution in [0.4, 0.5) is 4.39 Å². The van der Waals surface area contributed by atoms with E-state index in [4.69, 9.17) is 17.3 Å². The van der Waals surface area contributed by atoms with Crippen molar-refractivity contribution in [2.45, 2.75) is 32.2 Å². The van der Waals surface area contributed by atoms with Crippen molar-refractivity contribution in [2.24, 2.45) is 5.73 Å². The van der Waals surface area contributed by atoms with Gasteiger partial charge < -0.3 is 21.1 Å². The first-order chi connectivity index (χ1) is 10.8. The number of benzene rings is 1. The van der Waals surface area contributed by atoms with Gasteiger partial charge in [-0.05, 0) is 24.6 Å². The SMILES string of the molecule is CC(c1cc(F)cc(Cl)c1CO)N1CC(O)N(CC(N)=O)[C@H]1O. The van der Waals surface area contributed by atoms with Crippen LogP contribution in [-0.2, 0) is 11.4 Å². The van der Waals surface area contributed by atoms with Gasteiger partial charge in [0.05, 0.1) is 13.2 Å². The summed E-state index contributed by atoms with van der Waals surface area (Å²) in [6.45, 7) is 0.987. The molecule has 1 aliphatic rings. The van der Waals surface area contributed by atoms with E-state index in [0.717, 1.165) is 11.0 Å². The van der Waals surface area contributed by atoms with Crippen LogP contribution < -0.4 is 5.73 Å². The molecule has 2 rings (SSSR count). The Morgan fingerprint density at radius 3 is 2.74 bits per heavy atom. The van der Waals surface area contributed by atoms with Crippen LogP contribution in [0.5, 0.6) is 0 Å². The number of β-amino-alcohol motifs (C(OH)–C–C–N with tert-alkyl or cyclic N) is 1. The van der Waals surface area contributed by atoms with E-state index in [0.29, 0.717) is 11.1 Å². The first-order valence-electron chi connectivity index (χ1n) is 7.00. The number of carbonyl (C=O) groups is 1. The molecule has 1 aliphatic heterocycles. The zero-order chi connectivity index (χ0) is 17.3. The van der Waals surface area contributed by atoms with Gasteiger partial charge in [0.25, 0.3) is 0 Å². The van der Waals surface area contributed by atoms with Gasteiger partial charge >= 0.3 is 0 Å². The Balaban J connectivity index is 2.31. The fourth-order valence-corrected chi connectivity index (χ4v) is 3.07. The van der Waals surface area contributed by atoms with E-state index >= 15 is 0 Å². The average Bonchev–Trinajstić information content (AvgIpc) is 2.73. The van der Waals surface area contributed by atoms with Crippen molar-refractivity contribution < 1.29 is 24.5 Å². The molecule has 1 heterocycles. The molecule has 1 aromatic carbocycles. The molecule has 7 nitrogen and oxygen atoms in total. The Morgan fingerprint density at radius 2 is 2.17 bits per heavy atom. The second kappa shape index (κ2) is 7.08. The molecule has 3 atom stereocenters. The Hall–Kier alpha value is -1.29. The van der Waals surface area contributed by atoms with E-state index < -0.39 is 37.0 Å². The molecule has 0 spiro atoms. The van der Waals surface area contributed by atoms with Gasteiger partial charge in [-0.2, -0.15) is 0 Å². The molecular formula is C14H19ClFN3O4. The highest BCUT2D eigenvalue weighted by Crippen LogP contribution is 2.33. The predicted molar refractivity (Wildman–Crippen MR) is 80.4 cm³/mol. The monoisotopic (exact) mass is 347 g/mol. The molecule has 1 fully saturated rings. The third kappa shape index (κ3) is 3.63. The van der Waals surface area contributed by atoms with Crippen LogP contribution >= 0.6 is 11.6 Å². The van der Waals surface area contributed by atoms with E-state index in [1.54, 1.807) is 6.92 Å². The number of rotatable bonds is 5. The molecule has 1 amide bonds. The number of aliphatic hydroxyl groups is 3. The topological polar surface area (TPSA) is 110 Å². The summed E-state index contributed by atoms with van der Waals surface area (Å²) in [6.07, 6.45) is -2.37. The molecule has 23 heavy (non-hydrogen) atoms. The van der Waals surface area contributed by atoms with E-state index in [9.17, 15) is 24.5 Å². The number of aliphatic hydroxyl groups excluding tert-OH is 3. The maximum atomic E-state index is 13.6. The summed E-state index contributed by atoms with van der Waals surface area (Å²) < 4.78 is 13.6. The van der Waals surface area contributed by atoms with Crippen LogP contribution in [0.25, 0.3) is 0 Å². The quantitative estimate of drug-likeness (QED) is 0.583. The van der Waals surface area contributed by atoms with Crippen molar-refractivity contribution in [3.63, 3.8) is 0 Å². The van der Waals surface area contributed by atoms with Crippen LogP contribution in [0, 0.1) is 5.82 Å². The van der Waals surface area contributed by atoms with Gasteiger partial charge in [-0.25, -0.2) is 9.29 Å². The molecule has 0 radical (unpaired) electrons. The predicted octanol–water partition coefficient (Wildman–Crippen LogP) is -0.270. The lowest BCUT2D eigenvalue weighted by Crippen LogP contribution is -2.45. The molecule has 0 aliphatic carbocycles. The van der Waals surface area contributed by atoms with E-state index in [-0.39, 0.29) is 18.1 Å². The molecule has 5 N–H and O–H groups in total. The smallest absolute Gasteiger partial charge is 0.231 e. The minimum absolute atomic E-state index is 0.0224. The van der Waals surface area contributed by atoms with E-state index in [1.165, 1.54) is 11.0 Å². The molecule has 9 heteroatoms. The van der Waals surface area contributed by atoms with Gasteiger partial charge in [0.1, 0.15) is 12.0 Å². The van der Waals surface area contributed by atoms with Gasteiger partial charge in [-0.15, -0.1) is 0 Å². The third-order valence-electron chi connectivity index (χ3n) is 3.99. The van der Waals surface area contributed by atoms with E-state index in [1.807, 2.05) is 0 Å². The van der Waals surface area contributed by atoms with Crippen molar-refractivity contribution in [2.75, 3.05) is 13.1 Å². The lowest BCUT2D eigenvalue weighted by atomic mass is 10.0. The Bertz CT molecular complexity index is 604. The first-order valence-corrected chi connectivity index (χ1v) is 7.38. The number of nitrogens with two attached hydrogens (primary N) is 1. The van der Waals surface area contributed by atoms with Crippen LogP contribution in [-0.4, -0.2) is 56.7 Å². The summed E-state index contributed by atoms with van der Waals surface area (Å²) in [5, 5.41) is 29.8. The van der Waals surface area contributed by atoms with Gasteiger partial charge in [-0.1, -0.05) is 11.6 Å². The van der Waals surface area contributed by atoms with Crippen LogP contribution in [0.15, 0.2) is 12.1 Å². The molecule has 2 unspecified atom stereocenters. The highest BCUT2D eigenvalue weighted by Gasteiger charge is 2.41. The minimum atomic E-state index is -1.28. The maximum absolute atomic E-state index is 13.6. The summed E-state index contributed by atoms with van der Waals surface area (Å²) in [5.74, 6) is -1.26. The molecule has 1 saturated heterocycles. The van der Waals surface area contributed by atoms with Gasteiger partial charge in [0.15, 0.2) is 6.35 Å². The number of halogens is 2. The van der Waals surface area contributed by atoms with Crippen LogP contribution in [0.1, 0.15) is 24.1 Å². The molecule has 128 valence electrons. The lowest BCUT2D eigenvalue weighted by Gasteiger charge is -2.30. The largest absolute Gasteiger partial charge is 0.392 e. The highest BCUT2D eigenvalue weighted by atomic mass is 35.5. The Kier molecular flexibility index (Phi) is 5.56. The third-order valence-corrected chi connectivity index (χ3v) is 4.33. The molecule has 1 aromatic rings. The van der Waals surface area contributed by atoms with E-state index in [2.05, 4.69) is 0 Å². The molecule has 0 bridgehead atoms. The summed E-state index contributed by atoms with van der Waals surface area (Å²) in [7, 11) is 0. The second-order valence-corrected chi connectivity index (χ2v) is 5.86. The number of amides is 1. The number of hydrogen-bond acceptors (Lipinski definition) is 6. The van der Waals surface area contributed by atoms with Crippen molar-refractivity contribution >= 4 is 17.5 Å². The number of hydrogen-bond donors (Lipinski definition) is 4. The molecule has 0 saturated carbocycles. The van der Waals surface area contributed by atoms with Crippen LogP contribution in [0.2, 0.25) is 5.02 Å². The second-order valence-electron chi connectivity index (χ2n) is 5.45. The van der Waals surface area contributed by atoms with Crippen molar-refractivity contribution in [3.05, 3.63) is 34.1 Å². The number of nitrogens with zero attached hydrogens (tertiary/aromatic N) is 2. The molecular weight excluding hydrogens is 329 g/mol. The first kappa shape index (κ1) is 18.1. The van der Waals surface area contributed by atoms with Gasteiger partial charge in [-0.3, -0.25) is 9.69 Å². The van der Waals surface area contributed by atoms with Crippen molar-refractivity contribution in [3.8, 4) is 0 Å². The van der Waals surface area contributed by atoms with Crippen molar-refractivity contribution in [1.29, 1.82) is 0 Å². The Labute approximate surface area is 137 Å².